The Labute approximate surface area is 116 Å². The van der Waals surface area contributed by atoms with E-state index in [1.165, 1.54) is 0 Å². The van der Waals surface area contributed by atoms with Crippen LogP contribution in [0.4, 0.5) is 0 Å². The number of rotatable bonds is 2. The number of aryl methyl sites for hydroxylation is 1. The van der Waals surface area contributed by atoms with E-state index in [0.717, 1.165) is 36.2 Å². The summed E-state index contributed by atoms with van der Waals surface area (Å²) in [6, 6.07) is 8.23. The third-order valence-electron chi connectivity index (χ3n) is 4.27. The van der Waals surface area contributed by atoms with Crippen LogP contribution >= 0.6 is 0 Å². The predicted molar refractivity (Wildman–Crippen MR) is 75.3 cm³/mol. The number of nitrogens with one attached hydrogen (secondary N) is 2. The summed E-state index contributed by atoms with van der Waals surface area (Å²) in [5, 5.41) is 6.35. The van der Waals surface area contributed by atoms with Crippen molar-refractivity contribution in [3.63, 3.8) is 0 Å². The van der Waals surface area contributed by atoms with Crippen LogP contribution in [0.1, 0.15) is 22.5 Å². The second-order valence-electron chi connectivity index (χ2n) is 5.60. The lowest BCUT2D eigenvalue weighted by atomic mass is 9.99. The highest BCUT2D eigenvalue weighted by atomic mass is 16.3. The molecule has 5 heteroatoms. The van der Waals surface area contributed by atoms with Gasteiger partial charge in [0.05, 0.1) is 6.04 Å². The molecule has 0 aliphatic carbocycles. The van der Waals surface area contributed by atoms with Crippen LogP contribution in [0.3, 0.4) is 0 Å². The third kappa shape index (κ3) is 1.82. The Morgan fingerprint density at radius 2 is 2.35 bits per heavy atom. The van der Waals surface area contributed by atoms with Crippen molar-refractivity contribution in [2.24, 2.45) is 0 Å². The maximum atomic E-state index is 12.3. The molecular weight excluding hydrogens is 254 g/mol. The highest BCUT2D eigenvalue weighted by Gasteiger charge is 2.41. The van der Waals surface area contributed by atoms with Gasteiger partial charge >= 0.3 is 0 Å². The molecule has 2 fully saturated rings. The molecule has 2 atom stereocenters. The first-order chi connectivity index (χ1) is 9.70. The number of furan rings is 1. The Hall–Kier alpha value is -1.85. The van der Waals surface area contributed by atoms with Gasteiger partial charge in [0.15, 0.2) is 0 Å². The Balaban J connectivity index is 1.54. The lowest BCUT2D eigenvalue weighted by Gasteiger charge is -2.36. The van der Waals surface area contributed by atoms with Crippen molar-refractivity contribution in [2.75, 3.05) is 13.1 Å². The number of fused-ring (bicyclic) bond motifs is 2. The molecule has 5 nitrogen and oxygen atoms in total. The first-order valence-corrected chi connectivity index (χ1v) is 7.02. The van der Waals surface area contributed by atoms with Crippen molar-refractivity contribution in [1.29, 1.82) is 0 Å². The maximum Gasteiger partial charge on any atom is 0.251 e. The largest absolute Gasteiger partial charge is 0.461 e. The summed E-state index contributed by atoms with van der Waals surface area (Å²) in [7, 11) is 0. The zero-order valence-corrected chi connectivity index (χ0v) is 11.3. The van der Waals surface area contributed by atoms with E-state index in [1.807, 2.05) is 31.2 Å². The lowest BCUT2D eigenvalue weighted by Crippen LogP contribution is -2.54. The van der Waals surface area contributed by atoms with E-state index in [0.29, 0.717) is 11.6 Å². The van der Waals surface area contributed by atoms with Gasteiger partial charge < -0.3 is 9.73 Å². The minimum absolute atomic E-state index is 0.0264. The van der Waals surface area contributed by atoms with E-state index in [4.69, 9.17) is 4.42 Å². The average molecular weight is 271 g/mol. The van der Waals surface area contributed by atoms with Crippen LogP contribution in [0.2, 0.25) is 0 Å². The van der Waals surface area contributed by atoms with Gasteiger partial charge in [-0.1, -0.05) is 6.07 Å². The fourth-order valence-electron chi connectivity index (χ4n) is 3.08. The zero-order chi connectivity index (χ0) is 13.7. The summed E-state index contributed by atoms with van der Waals surface area (Å²) in [5.74, 6) is 0.837. The highest BCUT2D eigenvalue weighted by Crippen LogP contribution is 2.24. The van der Waals surface area contributed by atoms with Crippen LogP contribution in [0.15, 0.2) is 28.7 Å². The van der Waals surface area contributed by atoms with Gasteiger partial charge in [-0.2, -0.15) is 0 Å². The van der Waals surface area contributed by atoms with Gasteiger partial charge in [-0.15, -0.1) is 0 Å². The molecule has 2 aromatic rings. The number of hydrazine groups is 1. The van der Waals surface area contributed by atoms with Crippen LogP contribution in [0.5, 0.6) is 0 Å². The zero-order valence-electron chi connectivity index (χ0n) is 11.3. The standard InChI is InChI=1S/C15H17N3O2/c1-9-6-10-2-3-11(7-14(10)20-9)15(19)17-12-8-16-18-5-4-13(12)18/h2-3,6-7,12-13,16H,4-5,8H2,1H3,(H,17,19). The third-order valence-corrected chi connectivity index (χ3v) is 4.27. The van der Waals surface area contributed by atoms with Gasteiger partial charge in [0, 0.05) is 30.1 Å². The van der Waals surface area contributed by atoms with Crippen molar-refractivity contribution in [3.05, 3.63) is 35.6 Å². The Morgan fingerprint density at radius 3 is 3.10 bits per heavy atom. The van der Waals surface area contributed by atoms with Gasteiger partial charge in [0.2, 0.25) is 0 Å². The molecule has 3 heterocycles. The highest BCUT2D eigenvalue weighted by molar-refractivity contribution is 5.97. The molecule has 0 bridgehead atoms. The molecule has 0 spiro atoms. The summed E-state index contributed by atoms with van der Waals surface area (Å²) in [6.07, 6.45) is 1.15. The van der Waals surface area contributed by atoms with Crippen molar-refractivity contribution < 1.29 is 9.21 Å². The van der Waals surface area contributed by atoms with Crippen LogP contribution < -0.4 is 10.7 Å². The average Bonchev–Trinajstić information content (AvgIpc) is 2.87. The van der Waals surface area contributed by atoms with E-state index < -0.39 is 0 Å². The molecular formula is C15H17N3O2. The molecule has 4 rings (SSSR count). The molecule has 1 amide bonds. The summed E-state index contributed by atoms with van der Waals surface area (Å²) in [6.45, 7) is 3.81. The smallest absolute Gasteiger partial charge is 0.251 e. The van der Waals surface area contributed by atoms with Crippen LogP contribution in [0.25, 0.3) is 11.0 Å². The number of carbonyl (C=O) groups is 1. The van der Waals surface area contributed by atoms with Gasteiger partial charge in [-0.25, -0.2) is 5.01 Å². The predicted octanol–water partition coefficient (Wildman–Crippen LogP) is 1.43. The molecule has 2 unspecified atom stereocenters. The van der Waals surface area contributed by atoms with Gasteiger partial charge in [-0.05, 0) is 31.5 Å². The van der Waals surface area contributed by atoms with Crippen molar-refractivity contribution in [3.8, 4) is 0 Å². The summed E-state index contributed by atoms with van der Waals surface area (Å²) < 4.78 is 5.58. The number of benzene rings is 1. The van der Waals surface area contributed by atoms with Crippen molar-refractivity contribution in [1.82, 2.24) is 15.8 Å². The van der Waals surface area contributed by atoms with E-state index in [-0.39, 0.29) is 11.9 Å². The topological polar surface area (TPSA) is 57.5 Å². The molecule has 2 N–H and O–H groups in total. The number of amides is 1. The minimum atomic E-state index is -0.0264. The van der Waals surface area contributed by atoms with Crippen LogP contribution in [-0.4, -0.2) is 36.1 Å². The molecule has 0 saturated carbocycles. The Bertz CT molecular complexity index is 679. The molecule has 2 aliphatic heterocycles. The molecule has 2 aliphatic rings. The fraction of sp³-hybridized carbons (Fsp3) is 0.400. The van der Waals surface area contributed by atoms with E-state index >= 15 is 0 Å². The maximum absolute atomic E-state index is 12.3. The second kappa shape index (κ2) is 4.33. The normalized spacial score (nSPS) is 25.4. The first kappa shape index (κ1) is 11.9. The Kier molecular flexibility index (Phi) is 2.58. The lowest BCUT2D eigenvalue weighted by molar-refractivity contribution is 0.0718. The molecule has 2 saturated heterocycles. The van der Waals surface area contributed by atoms with E-state index in [1.54, 1.807) is 0 Å². The minimum Gasteiger partial charge on any atom is -0.461 e. The van der Waals surface area contributed by atoms with Gasteiger partial charge in [0.1, 0.15) is 11.3 Å². The molecule has 20 heavy (non-hydrogen) atoms. The SMILES string of the molecule is Cc1cc2ccc(C(=O)NC3CNN4CCC34)cc2o1. The first-order valence-electron chi connectivity index (χ1n) is 7.02. The number of hydrogen-bond donors (Lipinski definition) is 2. The van der Waals surface area contributed by atoms with E-state index in [2.05, 4.69) is 15.8 Å². The van der Waals surface area contributed by atoms with Crippen molar-refractivity contribution >= 4 is 16.9 Å². The van der Waals surface area contributed by atoms with E-state index in [9.17, 15) is 4.79 Å². The summed E-state index contributed by atoms with van der Waals surface area (Å²) in [5.41, 5.74) is 4.72. The van der Waals surface area contributed by atoms with Gasteiger partial charge in [0.25, 0.3) is 5.91 Å². The monoisotopic (exact) mass is 271 g/mol. The molecule has 0 radical (unpaired) electrons. The van der Waals surface area contributed by atoms with Gasteiger partial charge in [-0.3, -0.25) is 10.2 Å². The fourth-order valence-corrected chi connectivity index (χ4v) is 3.08. The summed E-state index contributed by atoms with van der Waals surface area (Å²) >= 11 is 0. The summed E-state index contributed by atoms with van der Waals surface area (Å²) in [4.78, 5) is 12.3. The number of carbonyl (C=O) groups excluding carboxylic acids is 1. The van der Waals surface area contributed by atoms with Crippen LogP contribution in [-0.2, 0) is 0 Å². The number of nitrogens with zero attached hydrogens (tertiary/aromatic N) is 1. The Morgan fingerprint density at radius 1 is 1.45 bits per heavy atom. The molecule has 1 aromatic heterocycles. The molecule has 104 valence electrons. The van der Waals surface area contributed by atoms with Crippen LogP contribution in [0, 0.1) is 6.92 Å². The quantitative estimate of drug-likeness (QED) is 0.867. The van der Waals surface area contributed by atoms with Crippen molar-refractivity contribution in [2.45, 2.75) is 25.4 Å². The second-order valence-corrected chi connectivity index (χ2v) is 5.60. The molecule has 1 aromatic carbocycles. The number of hydrogen-bond acceptors (Lipinski definition) is 4.